The number of benzene rings is 3. The summed E-state index contributed by atoms with van der Waals surface area (Å²) in [6, 6.07) is 21.3. The fourth-order valence-electron chi connectivity index (χ4n) is 4.16. The fourth-order valence-corrected chi connectivity index (χ4v) is 4.16. The van der Waals surface area contributed by atoms with Crippen LogP contribution in [0.4, 0.5) is 5.69 Å². The highest BCUT2D eigenvalue weighted by molar-refractivity contribution is 6.45. The van der Waals surface area contributed by atoms with Crippen molar-refractivity contribution in [2.24, 2.45) is 0 Å². The van der Waals surface area contributed by atoms with Crippen LogP contribution >= 0.6 is 0 Å². The second-order valence-corrected chi connectivity index (χ2v) is 8.49. The van der Waals surface area contributed by atoms with Crippen molar-refractivity contribution in [1.82, 2.24) is 4.90 Å². The Bertz CT molecular complexity index is 1260. The van der Waals surface area contributed by atoms with Crippen LogP contribution in [0.2, 0.25) is 0 Å². The molecule has 0 saturated carbocycles. The maximum Gasteiger partial charge on any atom is 0.282 e. The van der Waals surface area contributed by atoms with Crippen molar-refractivity contribution in [3.63, 3.8) is 0 Å². The highest BCUT2D eigenvalue weighted by atomic mass is 16.5. The van der Waals surface area contributed by atoms with Crippen molar-refractivity contribution < 1.29 is 14.3 Å². The second-order valence-electron chi connectivity index (χ2n) is 8.49. The van der Waals surface area contributed by atoms with Crippen LogP contribution in [0.15, 0.2) is 72.4 Å². The molecule has 1 heterocycles. The quantitative estimate of drug-likeness (QED) is 0.504. The number of hydrogen-bond acceptors (Lipinski definition) is 4. The van der Waals surface area contributed by atoms with Crippen LogP contribution in [0.5, 0.6) is 5.75 Å². The molecule has 33 heavy (non-hydrogen) atoms. The minimum Gasteiger partial charge on any atom is -0.495 e. The van der Waals surface area contributed by atoms with Gasteiger partial charge in [-0.1, -0.05) is 54.6 Å². The Morgan fingerprint density at radius 1 is 0.848 bits per heavy atom. The van der Waals surface area contributed by atoms with Crippen LogP contribution in [0.25, 0.3) is 5.57 Å². The van der Waals surface area contributed by atoms with E-state index in [2.05, 4.69) is 0 Å². The molecule has 0 aliphatic carbocycles. The third-order valence-corrected chi connectivity index (χ3v) is 6.07. The number of carbonyl (C=O) groups excluding carboxylic acids is 2. The van der Waals surface area contributed by atoms with Gasteiger partial charge < -0.3 is 9.64 Å². The summed E-state index contributed by atoms with van der Waals surface area (Å²) in [7, 11) is 3.39. The van der Waals surface area contributed by atoms with Gasteiger partial charge in [0.25, 0.3) is 11.8 Å². The minimum absolute atomic E-state index is 0.345. The average molecular weight is 441 g/mol. The molecule has 5 heteroatoms. The number of amides is 2. The molecule has 5 nitrogen and oxygen atoms in total. The number of carbonyl (C=O) groups is 2. The van der Waals surface area contributed by atoms with E-state index < -0.39 is 0 Å². The molecule has 0 radical (unpaired) electrons. The van der Waals surface area contributed by atoms with Crippen LogP contribution in [0.3, 0.4) is 0 Å². The van der Waals surface area contributed by atoms with E-state index >= 15 is 0 Å². The van der Waals surface area contributed by atoms with E-state index in [1.165, 1.54) is 4.90 Å². The van der Waals surface area contributed by atoms with Gasteiger partial charge in [-0.3, -0.25) is 9.59 Å². The van der Waals surface area contributed by atoms with Crippen molar-refractivity contribution in [2.45, 2.75) is 27.3 Å². The second kappa shape index (κ2) is 8.94. The lowest BCUT2D eigenvalue weighted by atomic mass is 9.99. The van der Waals surface area contributed by atoms with Crippen LogP contribution in [0, 0.1) is 20.8 Å². The molecule has 0 fully saturated rings. The molecule has 2 amide bonds. The summed E-state index contributed by atoms with van der Waals surface area (Å²) in [6.07, 6.45) is 0. The fraction of sp³-hybridized carbons (Fsp3) is 0.214. The van der Waals surface area contributed by atoms with Crippen LogP contribution < -0.4 is 9.64 Å². The first-order valence-corrected chi connectivity index (χ1v) is 10.9. The number of nitrogens with zero attached hydrogens (tertiary/aromatic N) is 2. The molecule has 1 aliphatic rings. The Kier molecular flexibility index (Phi) is 6.05. The molecule has 0 aromatic heterocycles. The number of aryl methyl sites for hydroxylation is 3. The summed E-state index contributed by atoms with van der Waals surface area (Å²) < 4.78 is 5.50. The highest BCUT2D eigenvalue weighted by Gasteiger charge is 2.43. The van der Waals surface area contributed by atoms with E-state index in [0.29, 0.717) is 29.3 Å². The third kappa shape index (κ3) is 4.14. The molecule has 0 atom stereocenters. The van der Waals surface area contributed by atoms with Crippen molar-refractivity contribution >= 4 is 23.1 Å². The van der Waals surface area contributed by atoms with Crippen molar-refractivity contribution in [1.29, 1.82) is 0 Å². The first-order valence-electron chi connectivity index (χ1n) is 10.9. The molecule has 0 spiro atoms. The van der Waals surface area contributed by atoms with Gasteiger partial charge in [0, 0.05) is 13.6 Å². The predicted octanol–water partition coefficient (Wildman–Crippen LogP) is 5.04. The molecule has 3 aromatic carbocycles. The Morgan fingerprint density at radius 3 is 2.24 bits per heavy atom. The first-order chi connectivity index (χ1) is 15.8. The molecule has 0 bridgehead atoms. The average Bonchev–Trinajstić information content (AvgIpc) is 3.06. The van der Waals surface area contributed by atoms with Gasteiger partial charge in [0.2, 0.25) is 0 Å². The van der Waals surface area contributed by atoms with Gasteiger partial charge in [-0.25, -0.2) is 4.90 Å². The number of ether oxygens (including phenoxy) is 1. The van der Waals surface area contributed by atoms with E-state index in [4.69, 9.17) is 4.74 Å². The SMILES string of the molecule is COc1ccc(C)cc1N1C(=O)C(c2ccc(C)c(C)c2)=C(N(C)Cc2ccccc2)C1=O. The van der Waals surface area contributed by atoms with Gasteiger partial charge in [-0.05, 0) is 60.7 Å². The minimum atomic E-state index is -0.351. The summed E-state index contributed by atoms with van der Waals surface area (Å²) in [4.78, 5) is 30.7. The van der Waals surface area contributed by atoms with Gasteiger partial charge in [0.05, 0.1) is 18.4 Å². The summed E-state index contributed by atoms with van der Waals surface area (Å²) >= 11 is 0. The van der Waals surface area contributed by atoms with Crippen molar-refractivity contribution in [3.05, 3.63) is 100 Å². The summed E-state index contributed by atoms with van der Waals surface area (Å²) in [5, 5.41) is 0. The molecule has 0 saturated heterocycles. The van der Waals surface area contributed by atoms with Gasteiger partial charge in [-0.15, -0.1) is 0 Å². The zero-order valence-corrected chi connectivity index (χ0v) is 19.7. The molecule has 3 aromatic rings. The van der Waals surface area contributed by atoms with Crippen LogP contribution in [0.1, 0.15) is 27.8 Å². The van der Waals surface area contributed by atoms with Gasteiger partial charge in [0.15, 0.2) is 0 Å². The normalized spacial score (nSPS) is 13.7. The van der Waals surface area contributed by atoms with E-state index in [-0.39, 0.29) is 11.8 Å². The molecule has 1 aliphatic heterocycles. The first kappa shape index (κ1) is 22.3. The molecular weight excluding hydrogens is 412 g/mol. The third-order valence-electron chi connectivity index (χ3n) is 6.07. The predicted molar refractivity (Wildman–Crippen MR) is 131 cm³/mol. The van der Waals surface area contributed by atoms with Gasteiger partial charge in [-0.2, -0.15) is 0 Å². The largest absolute Gasteiger partial charge is 0.495 e. The molecule has 4 rings (SSSR count). The molecule has 0 unspecified atom stereocenters. The number of imide groups is 1. The number of likely N-dealkylation sites (N-methyl/N-ethyl adjacent to an activating group) is 1. The molecule has 168 valence electrons. The Morgan fingerprint density at radius 2 is 1.58 bits per heavy atom. The topological polar surface area (TPSA) is 49.9 Å². The lowest BCUT2D eigenvalue weighted by Crippen LogP contribution is -2.34. The Balaban J connectivity index is 1.86. The van der Waals surface area contributed by atoms with Crippen LogP contribution in [-0.4, -0.2) is 30.9 Å². The zero-order valence-electron chi connectivity index (χ0n) is 19.7. The van der Waals surface area contributed by atoms with Gasteiger partial charge in [0.1, 0.15) is 11.4 Å². The van der Waals surface area contributed by atoms with Crippen molar-refractivity contribution in [2.75, 3.05) is 19.1 Å². The number of methoxy groups -OCH3 is 1. The standard InChI is InChI=1S/C28H28N2O3/c1-18-11-14-24(33-5)23(15-18)30-27(31)25(22-13-12-19(2)20(3)16-22)26(28(30)32)29(4)17-21-9-7-6-8-10-21/h6-16H,17H2,1-5H3. The van der Waals surface area contributed by atoms with Crippen LogP contribution in [-0.2, 0) is 16.1 Å². The number of hydrogen-bond donors (Lipinski definition) is 0. The lowest BCUT2D eigenvalue weighted by molar-refractivity contribution is -0.120. The molecular formula is C28H28N2O3. The zero-order chi connectivity index (χ0) is 23.7. The van der Waals surface area contributed by atoms with Crippen molar-refractivity contribution in [3.8, 4) is 5.75 Å². The lowest BCUT2D eigenvalue weighted by Gasteiger charge is -2.22. The summed E-state index contributed by atoms with van der Waals surface area (Å²) in [6.45, 7) is 6.47. The monoisotopic (exact) mass is 440 g/mol. The van der Waals surface area contributed by atoms with E-state index in [1.54, 1.807) is 13.2 Å². The summed E-state index contributed by atoms with van der Waals surface area (Å²) in [5.74, 6) is -0.216. The Hall–Kier alpha value is -3.86. The molecule has 0 N–H and O–H groups in total. The van der Waals surface area contributed by atoms with E-state index in [1.807, 2.05) is 93.4 Å². The number of anilines is 1. The maximum absolute atomic E-state index is 13.8. The van der Waals surface area contributed by atoms with E-state index in [0.717, 1.165) is 27.8 Å². The Labute approximate surface area is 194 Å². The summed E-state index contributed by atoms with van der Waals surface area (Å²) in [5.41, 5.74) is 6.17. The highest BCUT2D eigenvalue weighted by Crippen LogP contribution is 2.39. The van der Waals surface area contributed by atoms with Gasteiger partial charge >= 0.3 is 0 Å². The van der Waals surface area contributed by atoms with E-state index in [9.17, 15) is 9.59 Å². The smallest absolute Gasteiger partial charge is 0.282 e. The number of rotatable bonds is 6. The maximum atomic E-state index is 13.8.